The zero-order valence-electron chi connectivity index (χ0n) is 10.8. The Morgan fingerprint density at radius 3 is 2.95 bits per heavy atom. The Bertz CT molecular complexity index is 705. The molecule has 102 valence electrons. The summed E-state index contributed by atoms with van der Waals surface area (Å²) in [6.07, 6.45) is 5.43. The smallest absolute Gasteiger partial charge is 0.147 e. The number of nitrogens with one attached hydrogen (secondary N) is 1. The fourth-order valence-corrected chi connectivity index (χ4v) is 3.33. The molecule has 0 spiro atoms. The van der Waals surface area contributed by atoms with E-state index in [4.69, 9.17) is 5.73 Å². The van der Waals surface area contributed by atoms with E-state index in [0.29, 0.717) is 5.82 Å². The van der Waals surface area contributed by atoms with Gasteiger partial charge in [0.05, 0.1) is 17.1 Å². The van der Waals surface area contributed by atoms with E-state index < -0.39 is 0 Å². The molecular formula is C13H13N5S2. The molecule has 3 aromatic heterocycles. The maximum atomic E-state index is 5.97. The summed E-state index contributed by atoms with van der Waals surface area (Å²) in [4.78, 5) is 9.56. The average molecular weight is 303 g/mol. The summed E-state index contributed by atoms with van der Waals surface area (Å²) in [6, 6.07) is 3.87. The van der Waals surface area contributed by atoms with Gasteiger partial charge in [-0.25, -0.2) is 4.98 Å². The van der Waals surface area contributed by atoms with Gasteiger partial charge in [-0.1, -0.05) is 6.07 Å². The minimum absolute atomic E-state index is 0.533. The Hall–Kier alpha value is -1.99. The highest BCUT2D eigenvalue weighted by atomic mass is 32.1. The van der Waals surface area contributed by atoms with E-state index in [-0.39, 0.29) is 0 Å². The quantitative estimate of drug-likeness (QED) is 0.774. The summed E-state index contributed by atoms with van der Waals surface area (Å²) in [5.41, 5.74) is 7.86. The lowest BCUT2D eigenvalue weighted by atomic mass is 10.1. The molecule has 0 aliphatic heterocycles. The minimum Gasteiger partial charge on any atom is -0.382 e. The monoisotopic (exact) mass is 303 g/mol. The fraction of sp³-hybridized carbons (Fsp3) is 0.154. The van der Waals surface area contributed by atoms with Crippen LogP contribution in [0.25, 0.3) is 11.1 Å². The van der Waals surface area contributed by atoms with Gasteiger partial charge in [-0.3, -0.25) is 4.98 Å². The van der Waals surface area contributed by atoms with Crippen LogP contribution < -0.4 is 11.1 Å². The Morgan fingerprint density at radius 2 is 2.25 bits per heavy atom. The van der Waals surface area contributed by atoms with Crippen LogP contribution in [0.1, 0.15) is 9.88 Å². The number of anilines is 2. The molecular weight excluding hydrogens is 290 g/mol. The normalized spacial score (nSPS) is 10.7. The summed E-state index contributed by atoms with van der Waals surface area (Å²) in [7, 11) is 0. The van der Waals surface area contributed by atoms with Crippen molar-refractivity contribution in [3.63, 3.8) is 0 Å². The first-order valence-corrected chi connectivity index (χ1v) is 7.64. The van der Waals surface area contributed by atoms with Gasteiger partial charge < -0.3 is 11.1 Å². The Morgan fingerprint density at radius 1 is 1.35 bits per heavy atom. The SMILES string of the molecule is Cc1ncc(CNc2snc(N)c2-c2cccnc2)s1. The Labute approximate surface area is 124 Å². The van der Waals surface area contributed by atoms with Crippen molar-refractivity contribution in [3.8, 4) is 11.1 Å². The molecule has 0 radical (unpaired) electrons. The molecule has 3 N–H and O–H groups in total. The van der Waals surface area contributed by atoms with E-state index in [1.54, 1.807) is 23.7 Å². The van der Waals surface area contributed by atoms with E-state index >= 15 is 0 Å². The lowest BCUT2D eigenvalue weighted by Crippen LogP contribution is -1.98. The van der Waals surface area contributed by atoms with Crippen molar-refractivity contribution in [2.75, 3.05) is 11.1 Å². The maximum Gasteiger partial charge on any atom is 0.147 e. The van der Waals surface area contributed by atoms with Crippen LogP contribution in [0.5, 0.6) is 0 Å². The van der Waals surface area contributed by atoms with Crippen molar-refractivity contribution < 1.29 is 0 Å². The highest BCUT2D eigenvalue weighted by Crippen LogP contribution is 2.36. The van der Waals surface area contributed by atoms with Gasteiger partial charge in [-0.15, -0.1) is 11.3 Å². The van der Waals surface area contributed by atoms with Gasteiger partial charge in [-0.2, -0.15) is 4.37 Å². The molecule has 3 rings (SSSR count). The van der Waals surface area contributed by atoms with Crippen molar-refractivity contribution in [3.05, 3.63) is 40.6 Å². The van der Waals surface area contributed by atoms with Gasteiger partial charge in [0.15, 0.2) is 0 Å². The van der Waals surface area contributed by atoms with Crippen LogP contribution in [0.4, 0.5) is 10.8 Å². The molecule has 0 saturated carbocycles. The molecule has 0 saturated heterocycles. The van der Waals surface area contributed by atoms with Crippen LogP contribution >= 0.6 is 22.9 Å². The third-order valence-electron chi connectivity index (χ3n) is 2.76. The number of pyridine rings is 1. The highest BCUT2D eigenvalue weighted by molar-refractivity contribution is 7.12. The first kappa shape index (κ1) is 13.0. The summed E-state index contributed by atoms with van der Waals surface area (Å²) >= 11 is 3.05. The van der Waals surface area contributed by atoms with Gasteiger partial charge in [0.2, 0.25) is 0 Å². The summed E-state index contributed by atoms with van der Waals surface area (Å²) in [5.74, 6) is 0.533. The van der Waals surface area contributed by atoms with E-state index in [1.165, 1.54) is 16.4 Å². The molecule has 0 aromatic carbocycles. The van der Waals surface area contributed by atoms with E-state index in [9.17, 15) is 0 Å². The lowest BCUT2D eigenvalue weighted by Gasteiger charge is -2.05. The minimum atomic E-state index is 0.533. The molecule has 3 heterocycles. The standard InChI is InChI=1S/C13H13N5S2/c1-8-16-6-10(19-8)7-17-13-11(12(14)18-20-13)9-3-2-4-15-5-9/h2-6,17H,7H2,1H3,(H2,14,18). The van der Waals surface area contributed by atoms with Crippen LogP contribution in [0.2, 0.25) is 0 Å². The maximum absolute atomic E-state index is 5.97. The summed E-state index contributed by atoms with van der Waals surface area (Å²) < 4.78 is 4.23. The van der Waals surface area contributed by atoms with Crippen LogP contribution in [0, 0.1) is 6.92 Å². The molecule has 0 bridgehead atoms. The van der Waals surface area contributed by atoms with Crippen LogP contribution in [-0.2, 0) is 6.54 Å². The number of hydrogen-bond donors (Lipinski definition) is 2. The molecule has 0 amide bonds. The number of hydrogen-bond acceptors (Lipinski definition) is 7. The average Bonchev–Trinajstić information content (AvgIpc) is 3.03. The van der Waals surface area contributed by atoms with E-state index in [0.717, 1.165) is 27.7 Å². The first-order valence-electron chi connectivity index (χ1n) is 6.05. The molecule has 7 heteroatoms. The lowest BCUT2D eigenvalue weighted by molar-refractivity contribution is 1.18. The van der Waals surface area contributed by atoms with Crippen molar-refractivity contribution in [1.29, 1.82) is 0 Å². The predicted octanol–water partition coefficient (Wildman–Crippen LogP) is 3.16. The Kier molecular flexibility index (Phi) is 3.62. The number of nitrogens with two attached hydrogens (primary N) is 1. The van der Waals surface area contributed by atoms with Crippen LogP contribution in [0.3, 0.4) is 0 Å². The van der Waals surface area contributed by atoms with E-state index in [2.05, 4.69) is 19.7 Å². The second-order valence-electron chi connectivity index (χ2n) is 4.21. The number of nitrogen functional groups attached to an aromatic ring is 1. The summed E-state index contributed by atoms with van der Waals surface area (Å²) in [5, 5.41) is 5.41. The molecule has 0 unspecified atom stereocenters. The predicted molar refractivity (Wildman–Crippen MR) is 83.9 cm³/mol. The molecule has 0 aliphatic carbocycles. The third kappa shape index (κ3) is 2.63. The molecule has 0 aliphatic rings. The van der Waals surface area contributed by atoms with Gasteiger partial charge in [0, 0.05) is 29.0 Å². The number of rotatable bonds is 4. The molecule has 20 heavy (non-hydrogen) atoms. The number of aryl methyl sites for hydroxylation is 1. The Balaban J connectivity index is 1.84. The largest absolute Gasteiger partial charge is 0.382 e. The number of aromatic nitrogens is 3. The van der Waals surface area contributed by atoms with Crippen molar-refractivity contribution in [2.24, 2.45) is 0 Å². The van der Waals surface area contributed by atoms with Gasteiger partial charge >= 0.3 is 0 Å². The van der Waals surface area contributed by atoms with E-state index in [1.807, 2.05) is 25.3 Å². The van der Waals surface area contributed by atoms with Crippen molar-refractivity contribution in [1.82, 2.24) is 14.3 Å². The number of thiazole rings is 1. The topological polar surface area (TPSA) is 76.7 Å². The van der Waals surface area contributed by atoms with Crippen LogP contribution in [-0.4, -0.2) is 14.3 Å². The molecule has 3 aromatic rings. The fourth-order valence-electron chi connectivity index (χ4n) is 1.87. The van der Waals surface area contributed by atoms with Gasteiger partial charge in [-0.05, 0) is 24.5 Å². The number of nitrogens with zero attached hydrogens (tertiary/aromatic N) is 3. The second kappa shape index (κ2) is 5.56. The third-order valence-corrected chi connectivity index (χ3v) is 4.49. The molecule has 0 atom stereocenters. The molecule has 0 fully saturated rings. The van der Waals surface area contributed by atoms with Gasteiger partial charge in [0.25, 0.3) is 0 Å². The second-order valence-corrected chi connectivity index (χ2v) is 6.31. The van der Waals surface area contributed by atoms with Gasteiger partial charge in [0.1, 0.15) is 10.8 Å². The molecule has 5 nitrogen and oxygen atoms in total. The highest BCUT2D eigenvalue weighted by Gasteiger charge is 2.13. The van der Waals surface area contributed by atoms with Crippen molar-refractivity contribution in [2.45, 2.75) is 13.5 Å². The zero-order chi connectivity index (χ0) is 13.9. The summed E-state index contributed by atoms with van der Waals surface area (Å²) in [6.45, 7) is 2.72. The van der Waals surface area contributed by atoms with Crippen LogP contribution in [0.15, 0.2) is 30.7 Å². The van der Waals surface area contributed by atoms with Crippen molar-refractivity contribution >= 4 is 33.7 Å². The first-order chi connectivity index (χ1) is 9.74. The zero-order valence-corrected chi connectivity index (χ0v) is 12.5.